The van der Waals surface area contributed by atoms with E-state index in [-0.39, 0.29) is 0 Å². The number of carboxylic acids is 1. The van der Waals surface area contributed by atoms with E-state index in [1.54, 1.807) is 6.08 Å². The molecule has 2 heterocycles. The van der Waals surface area contributed by atoms with Crippen molar-refractivity contribution >= 4 is 29.1 Å². The predicted molar refractivity (Wildman–Crippen MR) is 103 cm³/mol. The number of rotatable bonds is 7. The fourth-order valence-corrected chi connectivity index (χ4v) is 3.48. The van der Waals surface area contributed by atoms with Gasteiger partial charge >= 0.3 is 5.97 Å². The first kappa shape index (κ1) is 18.5. The number of nitrogens with one attached hydrogen (secondary N) is 1. The Hall–Kier alpha value is -2.31. The van der Waals surface area contributed by atoms with Gasteiger partial charge in [0, 0.05) is 42.5 Å². The van der Waals surface area contributed by atoms with Gasteiger partial charge in [-0.15, -0.1) is 0 Å². The number of aromatic nitrogens is 2. The van der Waals surface area contributed by atoms with Crippen LogP contribution < -0.4 is 10.2 Å². The van der Waals surface area contributed by atoms with Gasteiger partial charge in [-0.3, -0.25) is 4.68 Å². The van der Waals surface area contributed by atoms with Crippen LogP contribution in [0.2, 0.25) is 5.02 Å². The molecule has 6 nitrogen and oxygen atoms in total. The standard InChI is InChI=1S/C19H23ClN4O2/c1-23-19-15(13-22-23)6-5-14-7-8-16(20)12-17(14)24(19)11-3-10-21-9-2-4-18(25)26/h2,4,7-8,12-13,21H,3,5-6,9-11H2,1H3,(H,25,26)/b4-2+. The van der Waals surface area contributed by atoms with E-state index in [0.717, 1.165) is 55.0 Å². The maximum absolute atomic E-state index is 10.5. The summed E-state index contributed by atoms with van der Waals surface area (Å²) in [6.45, 7) is 2.17. The molecule has 138 valence electrons. The van der Waals surface area contributed by atoms with Crippen LogP contribution in [0.1, 0.15) is 17.5 Å². The Morgan fingerprint density at radius 3 is 3.00 bits per heavy atom. The Balaban J connectivity index is 1.72. The number of carboxylic acid groups (broad SMARTS) is 1. The van der Waals surface area contributed by atoms with Crippen molar-refractivity contribution in [1.29, 1.82) is 0 Å². The third-order valence-electron chi connectivity index (χ3n) is 4.50. The van der Waals surface area contributed by atoms with Gasteiger partial charge < -0.3 is 15.3 Å². The number of hydrogen-bond acceptors (Lipinski definition) is 4. The van der Waals surface area contributed by atoms with E-state index in [0.29, 0.717) is 6.54 Å². The van der Waals surface area contributed by atoms with Crippen molar-refractivity contribution < 1.29 is 9.90 Å². The Morgan fingerprint density at radius 2 is 2.19 bits per heavy atom. The molecule has 0 amide bonds. The summed E-state index contributed by atoms with van der Waals surface area (Å²) >= 11 is 6.26. The number of benzene rings is 1. The SMILES string of the molecule is Cn1ncc2c1N(CCCNC/C=C/C(=O)O)c1cc(Cl)ccc1CC2. The average molecular weight is 375 g/mol. The molecule has 26 heavy (non-hydrogen) atoms. The smallest absolute Gasteiger partial charge is 0.328 e. The molecule has 2 aromatic rings. The monoisotopic (exact) mass is 374 g/mol. The third-order valence-corrected chi connectivity index (χ3v) is 4.73. The van der Waals surface area contributed by atoms with E-state index >= 15 is 0 Å². The van der Waals surface area contributed by atoms with Crippen LogP contribution in [0.3, 0.4) is 0 Å². The van der Waals surface area contributed by atoms with Gasteiger partial charge in [-0.1, -0.05) is 23.7 Å². The van der Waals surface area contributed by atoms with Gasteiger partial charge in [0.25, 0.3) is 0 Å². The lowest BCUT2D eigenvalue weighted by molar-refractivity contribution is -0.131. The zero-order chi connectivity index (χ0) is 18.5. The quantitative estimate of drug-likeness (QED) is 0.576. The van der Waals surface area contributed by atoms with Crippen molar-refractivity contribution in [3.05, 3.63) is 52.7 Å². The number of nitrogens with zero attached hydrogens (tertiary/aromatic N) is 3. The molecule has 1 aromatic carbocycles. The molecular formula is C19H23ClN4O2. The number of hydrogen-bond donors (Lipinski definition) is 2. The van der Waals surface area contributed by atoms with Crippen LogP contribution in [0, 0.1) is 0 Å². The maximum Gasteiger partial charge on any atom is 0.328 e. The first-order chi connectivity index (χ1) is 12.6. The Morgan fingerprint density at radius 1 is 1.38 bits per heavy atom. The van der Waals surface area contributed by atoms with Crippen LogP contribution in [0.5, 0.6) is 0 Å². The van der Waals surface area contributed by atoms with Crippen molar-refractivity contribution in [3.8, 4) is 0 Å². The number of carbonyl (C=O) groups is 1. The number of fused-ring (bicyclic) bond motifs is 2. The molecule has 3 rings (SSSR count). The maximum atomic E-state index is 10.5. The number of aliphatic carboxylic acids is 1. The highest BCUT2D eigenvalue weighted by molar-refractivity contribution is 6.30. The zero-order valence-corrected chi connectivity index (χ0v) is 15.5. The lowest BCUT2D eigenvalue weighted by atomic mass is 10.1. The topological polar surface area (TPSA) is 70.4 Å². The van der Waals surface area contributed by atoms with Gasteiger partial charge in [0.1, 0.15) is 5.82 Å². The molecule has 0 spiro atoms. The van der Waals surface area contributed by atoms with E-state index in [4.69, 9.17) is 16.7 Å². The van der Waals surface area contributed by atoms with Crippen molar-refractivity contribution in [2.45, 2.75) is 19.3 Å². The van der Waals surface area contributed by atoms with Crippen LogP contribution in [-0.2, 0) is 24.7 Å². The number of anilines is 2. The zero-order valence-electron chi connectivity index (χ0n) is 14.8. The normalized spacial score (nSPS) is 13.5. The molecule has 1 aliphatic heterocycles. The molecule has 0 unspecified atom stereocenters. The van der Waals surface area contributed by atoms with Gasteiger partial charge in [-0.25, -0.2) is 4.79 Å². The minimum Gasteiger partial charge on any atom is -0.478 e. The van der Waals surface area contributed by atoms with Gasteiger partial charge in [-0.05, 0) is 43.5 Å². The fourth-order valence-electron chi connectivity index (χ4n) is 3.32. The highest BCUT2D eigenvalue weighted by atomic mass is 35.5. The van der Waals surface area contributed by atoms with Crippen molar-refractivity contribution in [1.82, 2.24) is 15.1 Å². The number of aryl methyl sites for hydroxylation is 3. The summed E-state index contributed by atoms with van der Waals surface area (Å²) in [7, 11) is 1.97. The molecule has 0 saturated carbocycles. The van der Waals surface area contributed by atoms with Crippen LogP contribution in [-0.4, -0.2) is 40.5 Å². The van der Waals surface area contributed by atoms with E-state index in [2.05, 4.69) is 21.4 Å². The van der Waals surface area contributed by atoms with Crippen LogP contribution >= 0.6 is 11.6 Å². The van der Waals surface area contributed by atoms with E-state index < -0.39 is 5.97 Å². The summed E-state index contributed by atoms with van der Waals surface area (Å²) in [5.41, 5.74) is 3.69. The minimum atomic E-state index is -0.923. The Bertz CT molecular complexity index is 816. The van der Waals surface area contributed by atoms with Crippen LogP contribution in [0.15, 0.2) is 36.5 Å². The molecule has 0 fully saturated rings. The average Bonchev–Trinajstić information content (AvgIpc) is 2.89. The molecule has 1 aromatic heterocycles. The second-order valence-corrected chi connectivity index (χ2v) is 6.78. The minimum absolute atomic E-state index is 0.547. The van der Waals surface area contributed by atoms with Gasteiger partial charge in [0.15, 0.2) is 0 Å². The lowest BCUT2D eigenvalue weighted by Gasteiger charge is -2.26. The summed E-state index contributed by atoms with van der Waals surface area (Å²) < 4.78 is 1.92. The highest BCUT2D eigenvalue weighted by Gasteiger charge is 2.23. The largest absolute Gasteiger partial charge is 0.478 e. The van der Waals surface area contributed by atoms with Gasteiger partial charge in [0.2, 0.25) is 0 Å². The first-order valence-corrected chi connectivity index (χ1v) is 9.11. The molecule has 0 aliphatic carbocycles. The Labute approximate surface area is 158 Å². The summed E-state index contributed by atoms with van der Waals surface area (Å²) in [6, 6.07) is 6.09. The second kappa shape index (κ2) is 8.38. The van der Waals surface area contributed by atoms with E-state index in [1.807, 2.05) is 30.1 Å². The van der Waals surface area contributed by atoms with Crippen LogP contribution in [0.25, 0.3) is 0 Å². The summed E-state index contributed by atoms with van der Waals surface area (Å²) in [4.78, 5) is 12.8. The highest BCUT2D eigenvalue weighted by Crippen LogP contribution is 2.37. The summed E-state index contributed by atoms with van der Waals surface area (Å²) in [6.07, 6.45) is 7.57. The Kier molecular flexibility index (Phi) is 5.96. The second-order valence-electron chi connectivity index (χ2n) is 6.34. The predicted octanol–water partition coefficient (Wildman–Crippen LogP) is 2.93. The van der Waals surface area contributed by atoms with E-state index in [1.165, 1.54) is 11.1 Å². The van der Waals surface area contributed by atoms with Crippen molar-refractivity contribution in [2.24, 2.45) is 7.05 Å². The third kappa shape index (κ3) is 4.26. The summed E-state index contributed by atoms with van der Waals surface area (Å²) in [5.74, 6) is 0.199. The number of halogens is 1. The molecule has 0 saturated heterocycles. The lowest BCUT2D eigenvalue weighted by Crippen LogP contribution is -2.26. The molecule has 0 radical (unpaired) electrons. The summed E-state index contributed by atoms with van der Waals surface area (Å²) in [5, 5.41) is 17.0. The molecule has 0 bridgehead atoms. The molecule has 7 heteroatoms. The molecule has 0 atom stereocenters. The fraction of sp³-hybridized carbons (Fsp3) is 0.368. The van der Waals surface area contributed by atoms with Crippen LogP contribution in [0.4, 0.5) is 11.5 Å². The van der Waals surface area contributed by atoms with Crippen molar-refractivity contribution in [2.75, 3.05) is 24.5 Å². The van der Waals surface area contributed by atoms with Crippen molar-refractivity contribution in [3.63, 3.8) is 0 Å². The molecular weight excluding hydrogens is 352 g/mol. The molecule has 2 N–H and O–H groups in total. The first-order valence-electron chi connectivity index (χ1n) is 8.73. The molecule has 1 aliphatic rings. The van der Waals surface area contributed by atoms with Gasteiger partial charge in [0.05, 0.1) is 6.20 Å². The van der Waals surface area contributed by atoms with Gasteiger partial charge in [-0.2, -0.15) is 5.10 Å². The van der Waals surface area contributed by atoms with E-state index in [9.17, 15) is 4.79 Å².